The number of benzene rings is 3. The zero-order chi connectivity index (χ0) is 22.8. The van der Waals surface area contributed by atoms with Crippen LogP contribution in [0.3, 0.4) is 0 Å². The van der Waals surface area contributed by atoms with Crippen LogP contribution in [0.25, 0.3) is 0 Å². The van der Waals surface area contributed by atoms with E-state index in [0.29, 0.717) is 28.6 Å². The molecule has 0 aromatic heterocycles. The number of carbonyl (C=O) groups is 1. The van der Waals surface area contributed by atoms with Crippen molar-refractivity contribution in [3.63, 3.8) is 0 Å². The van der Waals surface area contributed by atoms with Crippen LogP contribution in [0.2, 0.25) is 5.02 Å². The Morgan fingerprint density at radius 1 is 0.969 bits per heavy atom. The van der Waals surface area contributed by atoms with Gasteiger partial charge in [-0.05, 0) is 36.2 Å². The Balaban J connectivity index is 1.80. The smallest absolute Gasteiger partial charge is 0.339 e. The van der Waals surface area contributed by atoms with Crippen molar-refractivity contribution >= 4 is 41.0 Å². The first-order valence-electron chi connectivity index (χ1n) is 9.60. The Morgan fingerprint density at radius 2 is 1.66 bits per heavy atom. The molecule has 0 N–H and O–H groups in total. The maximum Gasteiger partial charge on any atom is 0.339 e. The molecule has 1 aliphatic heterocycles. The van der Waals surface area contributed by atoms with Crippen molar-refractivity contribution in [3.8, 4) is 17.2 Å². The maximum absolute atomic E-state index is 14.5. The lowest BCUT2D eigenvalue weighted by Crippen LogP contribution is -2.43. The number of carbonyl (C=O) groups excluding carboxylic acids is 1. The van der Waals surface area contributed by atoms with E-state index in [9.17, 15) is 9.18 Å². The maximum atomic E-state index is 14.5. The molecule has 0 bridgehead atoms. The van der Waals surface area contributed by atoms with E-state index in [-0.39, 0.29) is 23.2 Å². The molecule has 2 amide bonds. The average molecular weight is 475 g/mol. The predicted octanol–water partition coefficient (Wildman–Crippen LogP) is 6.16. The van der Waals surface area contributed by atoms with Gasteiger partial charge in [-0.3, -0.25) is 4.90 Å². The monoisotopic (exact) mass is 474 g/mol. The third kappa shape index (κ3) is 3.91. The molecule has 166 valence electrons. The lowest BCUT2D eigenvalue weighted by atomic mass is 10.1. The van der Waals surface area contributed by atoms with Crippen molar-refractivity contribution in [1.29, 1.82) is 0 Å². The Hall–Kier alpha value is -3.10. The summed E-state index contributed by atoms with van der Waals surface area (Å²) in [6.45, 7) is -0.0250. The molecule has 0 aliphatic carbocycles. The number of rotatable bonds is 6. The molecule has 0 spiro atoms. The number of hydrogen-bond acceptors (Lipinski definition) is 5. The molecule has 32 heavy (non-hydrogen) atoms. The van der Waals surface area contributed by atoms with Crippen LogP contribution in [0.1, 0.15) is 5.56 Å². The number of methoxy groups -OCH3 is 3. The summed E-state index contributed by atoms with van der Waals surface area (Å²) < 4.78 is 32.3. The molecular formula is C23H20ClFN2O4S. The molecule has 0 unspecified atom stereocenters. The second-order valence-electron chi connectivity index (χ2n) is 6.81. The molecule has 0 saturated carbocycles. The minimum atomic E-state index is -0.472. The van der Waals surface area contributed by atoms with E-state index in [0.717, 1.165) is 4.90 Å². The minimum Gasteiger partial charge on any atom is -0.493 e. The van der Waals surface area contributed by atoms with Crippen LogP contribution >= 0.6 is 23.5 Å². The normalized spacial score (nSPS) is 13.1. The molecule has 0 radical (unpaired) electrons. The Kier molecular flexibility index (Phi) is 6.34. The second-order valence-corrected chi connectivity index (χ2v) is 8.20. The molecule has 3 aromatic rings. The third-order valence-corrected chi connectivity index (χ3v) is 6.46. The largest absolute Gasteiger partial charge is 0.493 e. The Labute approximate surface area is 194 Å². The molecule has 4 rings (SSSR count). The molecule has 3 aromatic carbocycles. The van der Waals surface area contributed by atoms with E-state index in [1.54, 1.807) is 18.2 Å². The highest BCUT2D eigenvalue weighted by Crippen LogP contribution is 2.47. The fraction of sp³-hybridized carbons (Fsp3) is 0.174. The molecule has 6 nitrogen and oxygen atoms in total. The zero-order valence-corrected chi connectivity index (χ0v) is 19.2. The highest BCUT2D eigenvalue weighted by Gasteiger charge is 2.34. The summed E-state index contributed by atoms with van der Waals surface area (Å²) in [5.41, 5.74) is 1.44. The van der Waals surface area contributed by atoms with E-state index >= 15 is 0 Å². The van der Waals surface area contributed by atoms with Crippen molar-refractivity contribution < 1.29 is 23.4 Å². The molecule has 0 fully saturated rings. The second kappa shape index (κ2) is 9.18. The fourth-order valence-electron chi connectivity index (χ4n) is 3.45. The van der Waals surface area contributed by atoms with Crippen LogP contribution in [0, 0.1) is 5.82 Å². The molecule has 0 atom stereocenters. The first kappa shape index (κ1) is 22.1. The SMILES string of the molecule is COc1cc(N2Sc3ccccc3N(Cc3c(F)cccc3Cl)C2=O)cc(OC)c1OC. The lowest BCUT2D eigenvalue weighted by molar-refractivity contribution is 0.254. The van der Waals surface area contributed by atoms with Crippen molar-refractivity contribution in [2.24, 2.45) is 0 Å². The Bertz CT molecular complexity index is 1130. The summed E-state index contributed by atoms with van der Waals surface area (Å²) in [6.07, 6.45) is 0. The lowest BCUT2D eigenvalue weighted by Gasteiger charge is -2.36. The van der Waals surface area contributed by atoms with Crippen LogP contribution in [-0.4, -0.2) is 27.4 Å². The number of ether oxygens (including phenoxy) is 3. The van der Waals surface area contributed by atoms with Gasteiger partial charge >= 0.3 is 6.03 Å². The van der Waals surface area contributed by atoms with Crippen LogP contribution in [0.4, 0.5) is 20.6 Å². The number of anilines is 2. The summed E-state index contributed by atoms with van der Waals surface area (Å²) in [7, 11) is 4.53. The van der Waals surface area contributed by atoms with Gasteiger partial charge in [0.15, 0.2) is 11.5 Å². The van der Waals surface area contributed by atoms with Gasteiger partial charge in [0, 0.05) is 22.7 Å². The number of para-hydroxylation sites is 1. The van der Waals surface area contributed by atoms with Crippen molar-refractivity contribution in [2.75, 3.05) is 30.5 Å². The quantitative estimate of drug-likeness (QED) is 0.400. The van der Waals surface area contributed by atoms with Crippen LogP contribution in [0.5, 0.6) is 17.2 Å². The summed E-state index contributed by atoms with van der Waals surface area (Å²) >= 11 is 7.50. The number of hydrogen-bond donors (Lipinski definition) is 0. The highest BCUT2D eigenvalue weighted by atomic mass is 35.5. The number of urea groups is 1. The van der Waals surface area contributed by atoms with Gasteiger partial charge in [0.1, 0.15) is 5.82 Å². The predicted molar refractivity (Wildman–Crippen MR) is 124 cm³/mol. The van der Waals surface area contributed by atoms with Gasteiger partial charge in [-0.2, -0.15) is 0 Å². The van der Waals surface area contributed by atoms with Gasteiger partial charge in [0.05, 0.1) is 44.1 Å². The number of amides is 2. The standard InChI is InChI=1S/C23H20ClFN2O4S/c1-29-19-11-14(12-20(30-2)22(19)31-3)27-23(28)26(18-9-4-5-10-21(18)32-27)13-15-16(24)7-6-8-17(15)25/h4-12H,13H2,1-3H3. The molecule has 0 saturated heterocycles. The van der Waals surface area contributed by atoms with Crippen molar-refractivity contribution in [3.05, 3.63) is 71.0 Å². The van der Waals surface area contributed by atoms with Gasteiger partial charge in [0.25, 0.3) is 0 Å². The third-order valence-electron chi connectivity index (χ3n) is 5.01. The first-order chi connectivity index (χ1) is 15.5. The van der Waals surface area contributed by atoms with Gasteiger partial charge < -0.3 is 14.2 Å². The van der Waals surface area contributed by atoms with E-state index in [1.807, 2.05) is 24.3 Å². The minimum absolute atomic E-state index is 0.0250. The van der Waals surface area contributed by atoms with Gasteiger partial charge in [-0.1, -0.05) is 29.8 Å². The van der Waals surface area contributed by atoms with Crippen LogP contribution in [-0.2, 0) is 6.54 Å². The van der Waals surface area contributed by atoms with Crippen LogP contribution in [0.15, 0.2) is 59.5 Å². The van der Waals surface area contributed by atoms with Crippen molar-refractivity contribution in [1.82, 2.24) is 0 Å². The van der Waals surface area contributed by atoms with Gasteiger partial charge in [0.2, 0.25) is 5.75 Å². The summed E-state index contributed by atoms with van der Waals surface area (Å²) in [5.74, 6) is 0.777. The topological polar surface area (TPSA) is 51.2 Å². The first-order valence-corrected chi connectivity index (χ1v) is 10.7. The van der Waals surface area contributed by atoms with Gasteiger partial charge in [-0.15, -0.1) is 0 Å². The number of halogens is 2. The van der Waals surface area contributed by atoms with E-state index in [2.05, 4.69) is 0 Å². The molecule has 9 heteroatoms. The molecular weight excluding hydrogens is 455 g/mol. The van der Waals surface area contributed by atoms with Crippen molar-refractivity contribution in [2.45, 2.75) is 11.4 Å². The van der Waals surface area contributed by atoms with Crippen LogP contribution < -0.4 is 23.4 Å². The van der Waals surface area contributed by atoms with E-state index in [1.165, 1.54) is 54.6 Å². The Morgan fingerprint density at radius 3 is 2.28 bits per heavy atom. The molecule has 1 heterocycles. The highest BCUT2D eigenvalue weighted by molar-refractivity contribution is 8.01. The zero-order valence-electron chi connectivity index (χ0n) is 17.6. The number of fused-ring (bicyclic) bond motifs is 1. The van der Waals surface area contributed by atoms with E-state index in [4.69, 9.17) is 25.8 Å². The van der Waals surface area contributed by atoms with Gasteiger partial charge in [-0.25, -0.2) is 13.5 Å². The summed E-state index contributed by atoms with van der Waals surface area (Å²) in [5, 5.41) is 0.257. The average Bonchev–Trinajstić information content (AvgIpc) is 2.81. The molecule has 1 aliphatic rings. The number of nitrogens with zero attached hydrogens (tertiary/aromatic N) is 2. The summed E-state index contributed by atoms with van der Waals surface area (Å²) in [4.78, 5) is 15.9. The summed E-state index contributed by atoms with van der Waals surface area (Å²) in [6, 6.07) is 14.9. The fourth-order valence-corrected chi connectivity index (χ4v) is 4.67. The van der Waals surface area contributed by atoms with E-state index < -0.39 is 5.82 Å².